The minimum Gasteiger partial charge on any atom is -0.508 e. The van der Waals surface area contributed by atoms with Crippen LogP contribution in [0.5, 0.6) is 11.5 Å². The lowest BCUT2D eigenvalue weighted by Gasteiger charge is -2.06. The monoisotopic (exact) mass is 434 g/mol. The number of nitrogens with zero attached hydrogens (tertiary/aromatic N) is 2. The fourth-order valence-corrected chi connectivity index (χ4v) is 4.15. The summed E-state index contributed by atoms with van der Waals surface area (Å²) >= 11 is 0. The number of fused-ring (bicyclic) bond motifs is 2. The average Bonchev–Trinajstić information content (AvgIpc) is 3.31. The molecule has 2 aromatic heterocycles. The number of phenolic OH excluding ortho intramolecular Hbond substituents is 2. The highest BCUT2D eigenvalue weighted by atomic mass is 16.3. The van der Waals surface area contributed by atoms with Crippen molar-refractivity contribution in [2.45, 2.75) is 25.7 Å². The van der Waals surface area contributed by atoms with E-state index in [2.05, 4.69) is 0 Å². The molecule has 32 heavy (non-hydrogen) atoms. The number of benzene rings is 2. The Hall–Kier alpha value is -3.62. The van der Waals surface area contributed by atoms with Gasteiger partial charge in [0.05, 0.1) is 11.0 Å². The topological polar surface area (TPSA) is 136 Å². The number of aromatic hydroxyl groups is 2. The third-order valence-corrected chi connectivity index (χ3v) is 5.66. The van der Waals surface area contributed by atoms with Crippen molar-refractivity contribution < 1.29 is 19.8 Å². The Bertz CT molecular complexity index is 1220. The van der Waals surface area contributed by atoms with Gasteiger partial charge >= 0.3 is 0 Å². The smallest absolute Gasteiger partial charge is 0.231 e. The molecular formula is C24H26N4O4. The number of aromatic nitrogens is 2. The highest BCUT2D eigenvalue weighted by Gasteiger charge is 2.18. The van der Waals surface area contributed by atoms with Gasteiger partial charge in [-0.25, -0.2) is 0 Å². The average molecular weight is 434 g/mol. The van der Waals surface area contributed by atoms with E-state index in [0.717, 1.165) is 21.9 Å². The van der Waals surface area contributed by atoms with Crippen molar-refractivity contribution in [3.05, 3.63) is 59.9 Å². The number of rotatable bonds is 7. The molecule has 4 rings (SSSR count). The summed E-state index contributed by atoms with van der Waals surface area (Å²) in [6.07, 6.45) is 4.66. The van der Waals surface area contributed by atoms with Gasteiger partial charge in [0.1, 0.15) is 11.5 Å². The molecule has 8 nitrogen and oxygen atoms in total. The van der Waals surface area contributed by atoms with Gasteiger partial charge in [-0.15, -0.1) is 0 Å². The quantitative estimate of drug-likeness (QED) is 0.353. The van der Waals surface area contributed by atoms with Crippen LogP contribution in [0, 0.1) is 0 Å². The van der Waals surface area contributed by atoms with Crippen molar-refractivity contribution in [1.82, 2.24) is 9.13 Å². The van der Waals surface area contributed by atoms with E-state index in [-0.39, 0.29) is 36.2 Å². The highest BCUT2D eigenvalue weighted by Crippen LogP contribution is 2.28. The Labute approximate surface area is 184 Å². The molecule has 0 amide bonds. The Morgan fingerprint density at radius 3 is 1.50 bits per heavy atom. The van der Waals surface area contributed by atoms with Crippen LogP contribution >= 0.6 is 0 Å². The molecule has 6 N–H and O–H groups in total. The van der Waals surface area contributed by atoms with Crippen LogP contribution in [0.4, 0.5) is 0 Å². The molecular weight excluding hydrogens is 408 g/mol. The first-order valence-electron chi connectivity index (χ1n) is 10.6. The molecule has 4 aromatic rings. The second kappa shape index (κ2) is 8.86. The zero-order chi connectivity index (χ0) is 22.8. The Balaban J connectivity index is 1.58. The van der Waals surface area contributed by atoms with E-state index in [1.165, 1.54) is 21.3 Å². The summed E-state index contributed by atoms with van der Waals surface area (Å²) in [5, 5.41) is 21.2. The second-order valence-corrected chi connectivity index (χ2v) is 7.82. The predicted octanol–water partition coefficient (Wildman–Crippen LogP) is 2.77. The SMILES string of the molecule is NCCc1cn(C(=O)CCC(=O)n2cc(CCN)c3cc(O)ccc32)c2ccc(O)cc12. The van der Waals surface area contributed by atoms with Gasteiger partial charge in [-0.2, -0.15) is 0 Å². The Kier molecular flexibility index (Phi) is 5.98. The molecule has 0 aliphatic heterocycles. The van der Waals surface area contributed by atoms with Gasteiger partial charge in [0.2, 0.25) is 11.8 Å². The molecule has 0 aliphatic rings. The summed E-state index contributed by atoms with van der Waals surface area (Å²) in [5.74, 6) is -0.188. The lowest BCUT2D eigenvalue weighted by atomic mass is 10.1. The molecule has 2 aromatic carbocycles. The molecule has 0 saturated heterocycles. The van der Waals surface area contributed by atoms with E-state index in [9.17, 15) is 19.8 Å². The molecule has 166 valence electrons. The zero-order valence-electron chi connectivity index (χ0n) is 17.6. The minimum atomic E-state index is -0.214. The number of hydrogen-bond acceptors (Lipinski definition) is 6. The zero-order valence-corrected chi connectivity index (χ0v) is 17.6. The fraction of sp³-hybridized carbons (Fsp3) is 0.250. The number of phenols is 2. The molecule has 0 saturated carbocycles. The molecule has 0 spiro atoms. The van der Waals surface area contributed by atoms with E-state index in [1.807, 2.05) is 0 Å². The fourth-order valence-electron chi connectivity index (χ4n) is 4.15. The first kappa shape index (κ1) is 21.6. The largest absolute Gasteiger partial charge is 0.508 e. The van der Waals surface area contributed by atoms with Crippen LogP contribution in [0.1, 0.15) is 33.6 Å². The van der Waals surface area contributed by atoms with Gasteiger partial charge in [-0.3, -0.25) is 18.7 Å². The summed E-state index contributed by atoms with van der Waals surface area (Å²) < 4.78 is 3.05. The van der Waals surface area contributed by atoms with Crippen LogP contribution in [0.2, 0.25) is 0 Å². The van der Waals surface area contributed by atoms with Crippen molar-refractivity contribution in [2.75, 3.05) is 13.1 Å². The van der Waals surface area contributed by atoms with Gasteiger partial charge < -0.3 is 21.7 Å². The molecule has 0 fully saturated rings. The maximum atomic E-state index is 13.0. The van der Waals surface area contributed by atoms with Gasteiger partial charge in [-0.05, 0) is 73.5 Å². The second-order valence-electron chi connectivity index (χ2n) is 7.82. The van der Waals surface area contributed by atoms with Crippen molar-refractivity contribution in [1.29, 1.82) is 0 Å². The first-order valence-corrected chi connectivity index (χ1v) is 10.6. The maximum absolute atomic E-state index is 13.0. The van der Waals surface area contributed by atoms with Crippen LogP contribution in [-0.2, 0) is 12.8 Å². The van der Waals surface area contributed by atoms with E-state index >= 15 is 0 Å². The summed E-state index contributed by atoms with van der Waals surface area (Å²) in [5.41, 5.74) is 14.5. The van der Waals surface area contributed by atoms with E-state index in [4.69, 9.17) is 11.5 Å². The Morgan fingerprint density at radius 2 is 1.12 bits per heavy atom. The molecule has 0 aliphatic carbocycles. The Morgan fingerprint density at radius 1 is 0.719 bits per heavy atom. The van der Waals surface area contributed by atoms with Crippen molar-refractivity contribution in [3.8, 4) is 11.5 Å². The van der Waals surface area contributed by atoms with Crippen LogP contribution in [0.25, 0.3) is 21.8 Å². The normalized spacial score (nSPS) is 11.4. The molecule has 0 unspecified atom stereocenters. The first-order chi connectivity index (χ1) is 15.4. The van der Waals surface area contributed by atoms with Crippen LogP contribution < -0.4 is 11.5 Å². The van der Waals surface area contributed by atoms with Crippen LogP contribution in [0.15, 0.2) is 48.8 Å². The van der Waals surface area contributed by atoms with E-state index < -0.39 is 0 Å². The predicted molar refractivity (Wildman–Crippen MR) is 123 cm³/mol. The van der Waals surface area contributed by atoms with Gasteiger partial charge in [0.15, 0.2) is 0 Å². The minimum absolute atomic E-state index is 0.0233. The summed E-state index contributed by atoms with van der Waals surface area (Å²) in [7, 11) is 0. The van der Waals surface area contributed by atoms with Gasteiger partial charge in [-0.1, -0.05) is 0 Å². The molecule has 0 radical (unpaired) electrons. The number of nitrogens with two attached hydrogens (primary N) is 2. The summed E-state index contributed by atoms with van der Waals surface area (Å²) in [4.78, 5) is 25.9. The van der Waals surface area contributed by atoms with E-state index in [0.29, 0.717) is 37.0 Å². The van der Waals surface area contributed by atoms with Crippen LogP contribution in [0.3, 0.4) is 0 Å². The third-order valence-electron chi connectivity index (χ3n) is 5.66. The van der Waals surface area contributed by atoms with Crippen molar-refractivity contribution in [3.63, 3.8) is 0 Å². The van der Waals surface area contributed by atoms with Crippen molar-refractivity contribution in [2.24, 2.45) is 11.5 Å². The number of carbonyl (C=O) groups is 2. The number of carbonyl (C=O) groups excluding carboxylic acids is 2. The third kappa shape index (κ3) is 3.98. The van der Waals surface area contributed by atoms with E-state index in [1.54, 1.807) is 36.7 Å². The van der Waals surface area contributed by atoms with Gasteiger partial charge in [0.25, 0.3) is 0 Å². The maximum Gasteiger partial charge on any atom is 0.231 e. The highest BCUT2D eigenvalue weighted by molar-refractivity contribution is 5.98. The lowest BCUT2D eigenvalue weighted by molar-refractivity contribution is 0.0836. The molecule has 0 bridgehead atoms. The standard InChI is InChI=1S/C24H26N4O4/c25-9-7-15-13-27(21-3-1-17(29)11-19(15)21)23(31)5-6-24(32)28-14-16(8-10-26)20-12-18(30)2-4-22(20)28/h1-4,11-14,29-30H,5-10,25-26H2. The summed E-state index contributed by atoms with van der Waals surface area (Å²) in [6.45, 7) is 0.839. The lowest BCUT2D eigenvalue weighted by Crippen LogP contribution is -2.15. The summed E-state index contributed by atoms with van der Waals surface area (Å²) in [6, 6.07) is 9.68. The van der Waals surface area contributed by atoms with Crippen LogP contribution in [-0.4, -0.2) is 44.3 Å². The molecule has 8 heteroatoms. The van der Waals surface area contributed by atoms with Gasteiger partial charge in [0, 0.05) is 36.0 Å². The molecule has 0 atom stereocenters. The number of hydrogen-bond donors (Lipinski definition) is 4. The molecule has 2 heterocycles. The van der Waals surface area contributed by atoms with Crippen molar-refractivity contribution >= 4 is 33.6 Å².